The molecule has 3 heterocycles. The smallest absolute Gasteiger partial charge is 0.223 e. The average Bonchev–Trinajstić information content (AvgIpc) is 3.44. The van der Waals surface area contributed by atoms with E-state index in [9.17, 15) is 4.79 Å². The zero-order valence-corrected chi connectivity index (χ0v) is 19.1. The van der Waals surface area contributed by atoms with Gasteiger partial charge in [0.25, 0.3) is 0 Å². The number of benzene rings is 2. The van der Waals surface area contributed by atoms with Gasteiger partial charge in [-0.1, -0.05) is 66.7 Å². The number of nitrogens with one attached hydrogen (secondary N) is 1. The molecule has 1 amide bonds. The topological polar surface area (TPSA) is 58.1 Å². The van der Waals surface area contributed by atoms with Crippen molar-refractivity contribution >= 4 is 23.1 Å². The van der Waals surface area contributed by atoms with Crippen LogP contribution in [0, 0.1) is 5.92 Å². The molecule has 0 bridgehead atoms. The van der Waals surface area contributed by atoms with Crippen molar-refractivity contribution in [2.45, 2.75) is 18.9 Å². The van der Waals surface area contributed by atoms with E-state index >= 15 is 0 Å². The van der Waals surface area contributed by atoms with Crippen LogP contribution in [-0.2, 0) is 4.79 Å². The van der Waals surface area contributed by atoms with Crippen molar-refractivity contribution in [3.8, 4) is 10.6 Å². The molecule has 5 rings (SSSR count). The van der Waals surface area contributed by atoms with Crippen molar-refractivity contribution in [2.24, 2.45) is 5.92 Å². The van der Waals surface area contributed by atoms with Crippen molar-refractivity contribution in [1.29, 1.82) is 0 Å². The van der Waals surface area contributed by atoms with Crippen LogP contribution in [0.15, 0.2) is 90.3 Å². The molecule has 0 unspecified atom stereocenters. The number of rotatable bonds is 6. The highest BCUT2D eigenvalue weighted by atomic mass is 32.1. The van der Waals surface area contributed by atoms with Crippen molar-refractivity contribution in [1.82, 2.24) is 15.5 Å². The van der Waals surface area contributed by atoms with Gasteiger partial charge in [-0.25, -0.2) is 0 Å². The Balaban J connectivity index is 1.22. The van der Waals surface area contributed by atoms with Crippen LogP contribution in [0.2, 0.25) is 0 Å². The van der Waals surface area contributed by atoms with Gasteiger partial charge in [0, 0.05) is 19.0 Å². The third kappa shape index (κ3) is 4.96. The minimum absolute atomic E-state index is 0.00507. The molecule has 1 fully saturated rings. The molecule has 1 saturated heterocycles. The van der Waals surface area contributed by atoms with Crippen LogP contribution < -0.4 is 10.2 Å². The Morgan fingerprint density at radius 3 is 2.06 bits per heavy atom. The number of aromatic nitrogens is 2. The summed E-state index contributed by atoms with van der Waals surface area (Å²) in [4.78, 5) is 16.6. The average molecular weight is 455 g/mol. The number of hydrogen-bond acceptors (Lipinski definition) is 5. The number of carbonyl (C=O) groups excluding carboxylic acids is 1. The second-order valence-electron chi connectivity index (χ2n) is 8.28. The standard InChI is InChI=1S/C27H26N4OS/c32-27(28-26(20-8-3-1-4-9-20)21-10-5-2-6-11-21)22-15-17-31(18-16-22)25-14-13-23(29-30-25)24-12-7-19-33-24/h1-14,19,22,26H,15-18H2,(H,28,32). The van der Waals surface area contributed by atoms with Gasteiger partial charge < -0.3 is 10.2 Å². The monoisotopic (exact) mass is 454 g/mol. The Morgan fingerprint density at radius 1 is 0.848 bits per heavy atom. The maximum absolute atomic E-state index is 13.2. The molecule has 1 N–H and O–H groups in total. The Kier molecular flexibility index (Phi) is 6.44. The third-order valence-electron chi connectivity index (χ3n) is 6.17. The summed E-state index contributed by atoms with van der Waals surface area (Å²) in [5.74, 6) is 0.988. The lowest BCUT2D eigenvalue weighted by molar-refractivity contribution is -0.126. The zero-order chi connectivity index (χ0) is 22.5. The number of nitrogens with zero attached hydrogens (tertiary/aromatic N) is 3. The number of anilines is 1. The van der Waals surface area contributed by atoms with E-state index in [1.165, 1.54) is 0 Å². The van der Waals surface area contributed by atoms with E-state index in [4.69, 9.17) is 0 Å². The SMILES string of the molecule is O=C(NC(c1ccccc1)c1ccccc1)C1CCN(c2ccc(-c3cccs3)nn2)CC1. The molecule has 2 aromatic heterocycles. The first-order valence-electron chi connectivity index (χ1n) is 11.3. The first-order valence-corrected chi connectivity index (χ1v) is 12.2. The lowest BCUT2D eigenvalue weighted by atomic mass is 9.93. The van der Waals surface area contributed by atoms with Crippen molar-refractivity contribution in [3.63, 3.8) is 0 Å². The lowest BCUT2D eigenvalue weighted by Gasteiger charge is -2.32. The fraction of sp³-hybridized carbons (Fsp3) is 0.222. The van der Waals surface area contributed by atoms with E-state index in [0.29, 0.717) is 0 Å². The van der Waals surface area contributed by atoms with Gasteiger partial charge >= 0.3 is 0 Å². The maximum atomic E-state index is 13.2. The molecule has 2 aromatic carbocycles. The summed E-state index contributed by atoms with van der Waals surface area (Å²) < 4.78 is 0. The molecule has 1 aliphatic rings. The summed E-state index contributed by atoms with van der Waals surface area (Å²) in [6.07, 6.45) is 1.60. The first kappa shape index (κ1) is 21.3. The first-order chi connectivity index (χ1) is 16.3. The fourth-order valence-corrected chi connectivity index (χ4v) is 5.02. The molecule has 33 heavy (non-hydrogen) atoms. The highest BCUT2D eigenvalue weighted by molar-refractivity contribution is 7.13. The summed E-state index contributed by atoms with van der Waals surface area (Å²) >= 11 is 1.66. The van der Waals surface area contributed by atoms with E-state index in [1.54, 1.807) is 11.3 Å². The number of piperidine rings is 1. The van der Waals surface area contributed by atoms with Crippen molar-refractivity contribution < 1.29 is 4.79 Å². The lowest BCUT2D eigenvalue weighted by Crippen LogP contribution is -2.42. The van der Waals surface area contributed by atoms with Crippen molar-refractivity contribution in [2.75, 3.05) is 18.0 Å². The van der Waals surface area contributed by atoms with Crippen LogP contribution in [0.5, 0.6) is 0 Å². The Hall–Kier alpha value is -3.51. The van der Waals surface area contributed by atoms with Gasteiger partial charge in [0.05, 0.1) is 10.9 Å². The summed E-state index contributed by atoms with van der Waals surface area (Å²) in [6, 6.07) is 28.3. The fourth-order valence-electron chi connectivity index (χ4n) is 4.33. The van der Waals surface area contributed by atoms with Gasteiger partial charge in [0.2, 0.25) is 5.91 Å². The van der Waals surface area contributed by atoms with Gasteiger partial charge in [-0.05, 0) is 47.5 Å². The van der Waals surface area contributed by atoms with Crippen LogP contribution in [0.25, 0.3) is 10.6 Å². The number of thiophene rings is 1. The summed E-state index contributed by atoms with van der Waals surface area (Å²) in [5.41, 5.74) is 3.09. The number of amides is 1. The molecule has 0 saturated carbocycles. The quantitative estimate of drug-likeness (QED) is 0.428. The summed E-state index contributed by atoms with van der Waals surface area (Å²) in [6.45, 7) is 1.60. The van der Waals surface area contributed by atoms with E-state index in [1.807, 2.05) is 60.0 Å². The van der Waals surface area contributed by atoms with Gasteiger partial charge in [-0.15, -0.1) is 21.5 Å². The molecular weight excluding hydrogens is 428 g/mol. The van der Waals surface area contributed by atoms with Gasteiger partial charge in [-0.3, -0.25) is 4.79 Å². The zero-order valence-electron chi connectivity index (χ0n) is 18.3. The van der Waals surface area contributed by atoms with Crippen LogP contribution >= 0.6 is 11.3 Å². The Labute approximate surface area is 198 Å². The highest BCUT2D eigenvalue weighted by Crippen LogP contribution is 2.27. The molecule has 6 heteroatoms. The third-order valence-corrected chi connectivity index (χ3v) is 7.06. The second-order valence-corrected chi connectivity index (χ2v) is 9.23. The van der Waals surface area contributed by atoms with Gasteiger partial charge in [0.15, 0.2) is 5.82 Å². The Bertz CT molecular complexity index is 1120. The predicted octanol–water partition coefficient (Wildman–Crippen LogP) is 5.33. The largest absolute Gasteiger partial charge is 0.355 e. The molecule has 166 valence electrons. The van der Waals surface area contributed by atoms with Gasteiger partial charge in [-0.2, -0.15) is 0 Å². The molecule has 4 aromatic rings. The van der Waals surface area contributed by atoms with Gasteiger partial charge in [0.1, 0.15) is 5.69 Å². The summed E-state index contributed by atoms with van der Waals surface area (Å²) in [5, 5.41) is 14.2. The maximum Gasteiger partial charge on any atom is 0.223 e. The number of carbonyl (C=O) groups is 1. The molecule has 0 atom stereocenters. The van der Waals surface area contributed by atoms with E-state index in [0.717, 1.165) is 53.4 Å². The molecule has 0 aliphatic carbocycles. The predicted molar refractivity (Wildman–Crippen MR) is 133 cm³/mol. The number of hydrogen-bond donors (Lipinski definition) is 1. The minimum Gasteiger partial charge on any atom is -0.355 e. The van der Waals surface area contributed by atoms with Crippen LogP contribution in [0.1, 0.15) is 30.0 Å². The van der Waals surface area contributed by atoms with Crippen LogP contribution in [0.4, 0.5) is 5.82 Å². The van der Waals surface area contributed by atoms with E-state index in [2.05, 4.69) is 50.7 Å². The normalized spacial score (nSPS) is 14.4. The minimum atomic E-state index is -0.145. The van der Waals surface area contributed by atoms with Crippen molar-refractivity contribution in [3.05, 3.63) is 101 Å². The Morgan fingerprint density at radius 2 is 1.52 bits per heavy atom. The molecule has 0 radical (unpaired) electrons. The highest BCUT2D eigenvalue weighted by Gasteiger charge is 2.28. The molecule has 0 spiro atoms. The van der Waals surface area contributed by atoms with Crippen LogP contribution in [-0.4, -0.2) is 29.2 Å². The molecule has 5 nitrogen and oxygen atoms in total. The molecule has 1 aliphatic heterocycles. The molecular formula is C27H26N4OS. The van der Waals surface area contributed by atoms with E-state index < -0.39 is 0 Å². The van der Waals surface area contributed by atoms with E-state index in [-0.39, 0.29) is 17.9 Å². The second kappa shape index (κ2) is 9.96. The summed E-state index contributed by atoms with van der Waals surface area (Å²) in [7, 11) is 0. The van der Waals surface area contributed by atoms with Crippen LogP contribution in [0.3, 0.4) is 0 Å².